The zero-order valence-electron chi connectivity index (χ0n) is 18.4. The molecule has 2 amide bonds. The van der Waals surface area contributed by atoms with Crippen molar-refractivity contribution in [2.45, 2.75) is 39.4 Å². The summed E-state index contributed by atoms with van der Waals surface area (Å²) in [5.74, 6) is -0.498. The average molecular weight is 450 g/mol. The lowest BCUT2D eigenvalue weighted by Gasteiger charge is -2.33. The van der Waals surface area contributed by atoms with Crippen LogP contribution in [0.4, 0.5) is 0 Å². The first-order chi connectivity index (χ1) is 15.4. The number of halogens is 1. The van der Waals surface area contributed by atoms with Gasteiger partial charge >= 0.3 is 0 Å². The van der Waals surface area contributed by atoms with Crippen molar-refractivity contribution < 1.29 is 9.59 Å². The Kier molecular flexibility index (Phi) is 8.40. The topological polar surface area (TPSA) is 62.3 Å². The minimum atomic E-state index is -0.648. The Morgan fingerprint density at radius 2 is 1.56 bits per heavy atom. The molecule has 6 heteroatoms. The van der Waals surface area contributed by atoms with Crippen LogP contribution in [0.25, 0.3) is 0 Å². The number of benzene rings is 2. The standard InChI is InChI=1S/C26H28ClN3O2/c1-19(2)26(32)30(18-22-8-10-23(27)11-9-22)24(16-20-6-4-3-5-7-20)25(31)29-17-21-12-14-28-15-13-21/h3-15,19,24H,16-18H2,1-2H3,(H,29,31)/t24-/m1/s1. The normalized spacial score (nSPS) is 11.8. The van der Waals surface area contributed by atoms with Gasteiger partial charge in [-0.25, -0.2) is 0 Å². The second-order valence-electron chi connectivity index (χ2n) is 8.03. The smallest absolute Gasteiger partial charge is 0.243 e. The van der Waals surface area contributed by atoms with E-state index in [0.29, 0.717) is 24.5 Å². The lowest BCUT2D eigenvalue weighted by Crippen LogP contribution is -2.51. The molecule has 0 aliphatic heterocycles. The first-order valence-electron chi connectivity index (χ1n) is 10.7. The summed E-state index contributed by atoms with van der Waals surface area (Å²) in [5.41, 5.74) is 2.86. The Hall–Kier alpha value is -3.18. The molecule has 0 aliphatic carbocycles. The number of hydrogen-bond donors (Lipinski definition) is 1. The van der Waals surface area contributed by atoms with Gasteiger partial charge in [0.2, 0.25) is 11.8 Å². The van der Waals surface area contributed by atoms with E-state index in [9.17, 15) is 9.59 Å². The molecule has 1 N–H and O–H groups in total. The van der Waals surface area contributed by atoms with Gasteiger partial charge in [-0.15, -0.1) is 0 Å². The zero-order valence-corrected chi connectivity index (χ0v) is 19.1. The van der Waals surface area contributed by atoms with Gasteiger partial charge in [0.25, 0.3) is 0 Å². The van der Waals surface area contributed by atoms with Crippen LogP contribution in [0.3, 0.4) is 0 Å². The summed E-state index contributed by atoms with van der Waals surface area (Å²) in [6, 6.07) is 20.2. The van der Waals surface area contributed by atoms with Crippen molar-refractivity contribution in [3.63, 3.8) is 0 Å². The molecule has 3 aromatic rings. The maximum atomic E-state index is 13.4. The molecule has 0 unspecified atom stereocenters. The van der Waals surface area contributed by atoms with Crippen LogP contribution < -0.4 is 5.32 Å². The largest absolute Gasteiger partial charge is 0.350 e. The molecule has 1 aromatic heterocycles. The van der Waals surface area contributed by atoms with E-state index in [1.165, 1.54) is 0 Å². The van der Waals surface area contributed by atoms with Gasteiger partial charge in [-0.05, 0) is 41.0 Å². The van der Waals surface area contributed by atoms with E-state index in [4.69, 9.17) is 11.6 Å². The number of amides is 2. The van der Waals surface area contributed by atoms with Crippen LogP contribution in [0.15, 0.2) is 79.1 Å². The third-order valence-electron chi connectivity index (χ3n) is 5.21. The van der Waals surface area contributed by atoms with E-state index < -0.39 is 6.04 Å². The lowest BCUT2D eigenvalue weighted by molar-refractivity contribution is -0.143. The number of carbonyl (C=O) groups excluding carboxylic acids is 2. The number of rotatable bonds is 9. The van der Waals surface area contributed by atoms with Crippen molar-refractivity contribution >= 4 is 23.4 Å². The van der Waals surface area contributed by atoms with Gasteiger partial charge < -0.3 is 10.2 Å². The fraction of sp³-hybridized carbons (Fsp3) is 0.269. The number of hydrogen-bond acceptors (Lipinski definition) is 3. The Morgan fingerprint density at radius 3 is 2.19 bits per heavy atom. The summed E-state index contributed by atoms with van der Waals surface area (Å²) in [7, 11) is 0. The summed E-state index contributed by atoms with van der Waals surface area (Å²) in [5, 5.41) is 3.64. The van der Waals surface area contributed by atoms with E-state index in [0.717, 1.165) is 16.7 Å². The highest BCUT2D eigenvalue weighted by Crippen LogP contribution is 2.19. The maximum Gasteiger partial charge on any atom is 0.243 e. The summed E-state index contributed by atoms with van der Waals surface area (Å²) >= 11 is 6.03. The van der Waals surface area contributed by atoms with Crippen LogP contribution in [0.2, 0.25) is 5.02 Å². The average Bonchev–Trinajstić information content (AvgIpc) is 2.81. The first-order valence-corrected chi connectivity index (χ1v) is 11.1. The number of carbonyl (C=O) groups is 2. The van der Waals surface area contributed by atoms with Gasteiger partial charge in [-0.2, -0.15) is 0 Å². The molecule has 166 valence electrons. The molecule has 0 saturated carbocycles. The Bertz CT molecular complexity index is 1010. The van der Waals surface area contributed by atoms with Gasteiger partial charge in [-0.3, -0.25) is 14.6 Å². The molecule has 0 fully saturated rings. The third kappa shape index (κ3) is 6.66. The number of nitrogens with one attached hydrogen (secondary N) is 1. The second kappa shape index (κ2) is 11.4. The van der Waals surface area contributed by atoms with Gasteiger partial charge in [-0.1, -0.05) is 67.9 Å². The maximum absolute atomic E-state index is 13.4. The predicted molar refractivity (Wildman–Crippen MR) is 127 cm³/mol. The van der Waals surface area contributed by atoms with Crippen molar-refractivity contribution in [3.8, 4) is 0 Å². The molecule has 3 rings (SSSR count). The molecule has 0 saturated heterocycles. The van der Waals surface area contributed by atoms with E-state index in [2.05, 4.69) is 10.3 Å². The number of pyridine rings is 1. The highest BCUT2D eigenvalue weighted by Gasteiger charge is 2.31. The SMILES string of the molecule is CC(C)C(=O)N(Cc1ccc(Cl)cc1)[C@H](Cc1ccccc1)C(=O)NCc1ccncc1. The van der Waals surface area contributed by atoms with Crippen molar-refractivity contribution in [3.05, 3.63) is 101 Å². The molecule has 32 heavy (non-hydrogen) atoms. The van der Waals surface area contributed by atoms with Crippen LogP contribution in [0.5, 0.6) is 0 Å². The fourth-order valence-electron chi connectivity index (χ4n) is 3.45. The minimum absolute atomic E-state index is 0.0695. The van der Waals surface area contributed by atoms with E-state index >= 15 is 0 Å². The van der Waals surface area contributed by atoms with Gasteiger partial charge in [0.15, 0.2) is 0 Å². The van der Waals surface area contributed by atoms with Crippen molar-refractivity contribution in [2.75, 3.05) is 0 Å². The molecule has 0 spiro atoms. The van der Waals surface area contributed by atoms with Crippen LogP contribution in [-0.2, 0) is 29.1 Å². The van der Waals surface area contributed by atoms with Gasteiger partial charge in [0.05, 0.1) is 0 Å². The third-order valence-corrected chi connectivity index (χ3v) is 5.46. The van der Waals surface area contributed by atoms with Crippen LogP contribution in [-0.4, -0.2) is 27.7 Å². The van der Waals surface area contributed by atoms with Crippen LogP contribution in [0.1, 0.15) is 30.5 Å². The predicted octanol–water partition coefficient (Wildman–Crippen LogP) is 4.65. The highest BCUT2D eigenvalue weighted by molar-refractivity contribution is 6.30. The quantitative estimate of drug-likeness (QED) is 0.517. The summed E-state index contributed by atoms with van der Waals surface area (Å²) in [4.78, 5) is 32.3. The molecule has 0 bridgehead atoms. The van der Waals surface area contributed by atoms with Crippen LogP contribution >= 0.6 is 11.6 Å². The highest BCUT2D eigenvalue weighted by atomic mass is 35.5. The minimum Gasteiger partial charge on any atom is -0.350 e. The summed E-state index contributed by atoms with van der Waals surface area (Å²) in [6.07, 6.45) is 3.81. The van der Waals surface area contributed by atoms with Crippen LogP contribution in [0, 0.1) is 5.92 Å². The summed E-state index contributed by atoms with van der Waals surface area (Å²) in [6.45, 7) is 4.41. The molecular weight excluding hydrogens is 422 g/mol. The van der Waals surface area contributed by atoms with E-state index in [-0.39, 0.29) is 17.7 Å². The Morgan fingerprint density at radius 1 is 0.906 bits per heavy atom. The summed E-state index contributed by atoms with van der Waals surface area (Å²) < 4.78 is 0. The number of aromatic nitrogens is 1. The molecule has 1 atom stereocenters. The molecule has 0 radical (unpaired) electrons. The van der Waals surface area contributed by atoms with Gasteiger partial charge in [0, 0.05) is 42.8 Å². The van der Waals surface area contributed by atoms with Crippen molar-refractivity contribution in [2.24, 2.45) is 5.92 Å². The molecule has 2 aromatic carbocycles. The Balaban J connectivity index is 1.89. The molecule has 1 heterocycles. The second-order valence-corrected chi connectivity index (χ2v) is 8.46. The zero-order chi connectivity index (χ0) is 22.9. The molecule has 5 nitrogen and oxygen atoms in total. The van der Waals surface area contributed by atoms with Gasteiger partial charge in [0.1, 0.15) is 6.04 Å². The lowest BCUT2D eigenvalue weighted by atomic mass is 10.0. The number of nitrogens with zero attached hydrogens (tertiary/aromatic N) is 2. The first kappa shape index (κ1) is 23.5. The van der Waals surface area contributed by atoms with E-state index in [1.807, 2.05) is 68.4 Å². The van der Waals surface area contributed by atoms with Crippen molar-refractivity contribution in [1.29, 1.82) is 0 Å². The molecule has 0 aliphatic rings. The van der Waals surface area contributed by atoms with Crippen molar-refractivity contribution in [1.82, 2.24) is 15.2 Å². The Labute approximate surface area is 194 Å². The van der Waals surface area contributed by atoms with E-state index in [1.54, 1.807) is 29.4 Å². The monoisotopic (exact) mass is 449 g/mol. The molecular formula is C26H28ClN3O2. The fourth-order valence-corrected chi connectivity index (χ4v) is 3.58.